The van der Waals surface area contributed by atoms with Crippen molar-refractivity contribution in [2.75, 3.05) is 12.1 Å². The summed E-state index contributed by atoms with van der Waals surface area (Å²) in [5.41, 5.74) is 2.08. The van der Waals surface area contributed by atoms with Crippen LogP contribution in [-0.2, 0) is 0 Å². The molecule has 2 nitrogen and oxygen atoms in total. The van der Waals surface area contributed by atoms with Crippen molar-refractivity contribution in [2.45, 2.75) is 6.92 Å². The zero-order chi connectivity index (χ0) is 12.5. The van der Waals surface area contributed by atoms with E-state index in [-0.39, 0.29) is 0 Å². The fourth-order valence-electron chi connectivity index (χ4n) is 1.33. The van der Waals surface area contributed by atoms with E-state index in [0.717, 1.165) is 11.3 Å². The first-order valence-corrected chi connectivity index (χ1v) is 5.56. The minimum atomic E-state index is 1.02. The van der Waals surface area contributed by atoms with Crippen LogP contribution >= 0.6 is 0 Å². The number of benzene rings is 1. The Morgan fingerprint density at radius 2 is 2.00 bits per heavy atom. The van der Waals surface area contributed by atoms with Crippen molar-refractivity contribution in [2.24, 2.45) is 5.10 Å². The second-order valence-electron chi connectivity index (χ2n) is 3.51. The van der Waals surface area contributed by atoms with Gasteiger partial charge in [-0.3, -0.25) is 5.01 Å². The smallest absolute Gasteiger partial charge is 0.0590 e. The lowest BCUT2D eigenvalue weighted by Crippen LogP contribution is -2.08. The first-order chi connectivity index (χ1) is 8.27. The Hall–Kier alpha value is -2.09. The van der Waals surface area contributed by atoms with Gasteiger partial charge in [-0.1, -0.05) is 49.1 Å². The lowest BCUT2D eigenvalue weighted by atomic mass is 10.2. The van der Waals surface area contributed by atoms with Crippen LogP contribution < -0.4 is 5.01 Å². The zero-order valence-electron chi connectivity index (χ0n) is 10.4. The molecular weight excluding hydrogens is 208 g/mol. The number of anilines is 1. The van der Waals surface area contributed by atoms with Crippen molar-refractivity contribution in [1.82, 2.24) is 0 Å². The van der Waals surface area contributed by atoms with Gasteiger partial charge < -0.3 is 0 Å². The predicted molar refractivity (Wildman–Crippen MR) is 76.4 cm³/mol. The first-order valence-electron chi connectivity index (χ1n) is 5.56. The molecule has 1 aromatic rings. The lowest BCUT2D eigenvalue weighted by Gasteiger charge is -2.12. The van der Waals surface area contributed by atoms with Crippen LogP contribution in [0.1, 0.15) is 6.92 Å². The van der Waals surface area contributed by atoms with Gasteiger partial charge in [0.05, 0.1) is 11.9 Å². The molecule has 0 saturated carbocycles. The Morgan fingerprint density at radius 1 is 1.29 bits per heavy atom. The molecule has 1 aromatic carbocycles. The second kappa shape index (κ2) is 7.23. The Bertz CT molecular complexity index is 427. The van der Waals surface area contributed by atoms with Crippen LogP contribution in [0.15, 0.2) is 71.9 Å². The number of hydrazone groups is 1. The molecule has 1 rings (SSSR count). The molecule has 0 spiro atoms. The quantitative estimate of drug-likeness (QED) is 0.423. The topological polar surface area (TPSA) is 15.6 Å². The van der Waals surface area contributed by atoms with E-state index in [1.54, 1.807) is 6.08 Å². The van der Waals surface area contributed by atoms with E-state index in [1.807, 2.05) is 73.8 Å². The highest BCUT2D eigenvalue weighted by Gasteiger charge is 1.94. The molecule has 0 fully saturated rings. The third-order valence-electron chi connectivity index (χ3n) is 2.18. The van der Waals surface area contributed by atoms with Crippen LogP contribution in [0.5, 0.6) is 0 Å². The maximum atomic E-state index is 4.37. The number of hydrogen-bond donors (Lipinski definition) is 0. The van der Waals surface area contributed by atoms with Crippen LogP contribution in [0.25, 0.3) is 0 Å². The highest BCUT2D eigenvalue weighted by Crippen LogP contribution is 2.10. The molecule has 2 heteroatoms. The maximum Gasteiger partial charge on any atom is 0.0590 e. The summed E-state index contributed by atoms with van der Waals surface area (Å²) in [7, 11) is 1.92. The molecule has 88 valence electrons. The van der Waals surface area contributed by atoms with E-state index in [1.165, 1.54) is 0 Å². The molecule has 17 heavy (non-hydrogen) atoms. The van der Waals surface area contributed by atoms with E-state index in [9.17, 15) is 0 Å². The number of rotatable bonds is 5. The van der Waals surface area contributed by atoms with E-state index >= 15 is 0 Å². The molecule has 0 saturated heterocycles. The van der Waals surface area contributed by atoms with Crippen molar-refractivity contribution < 1.29 is 0 Å². The maximum absolute atomic E-state index is 4.37. The van der Waals surface area contributed by atoms with Gasteiger partial charge in [0.15, 0.2) is 0 Å². The van der Waals surface area contributed by atoms with Gasteiger partial charge in [-0.15, -0.1) is 0 Å². The van der Waals surface area contributed by atoms with Gasteiger partial charge in [-0.25, -0.2) is 0 Å². The monoisotopic (exact) mass is 226 g/mol. The van der Waals surface area contributed by atoms with Crippen LogP contribution in [0.2, 0.25) is 0 Å². The Morgan fingerprint density at radius 3 is 2.59 bits per heavy atom. The highest BCUT2D eigenvalue weighted by atomic mass is 15.4. The van der Waals surface area contributed by atoms with E-state index in [2.05, 4.69) is 11.7 Å². The summed E-state index contributed by atoms with van der Waals surface area (Å²) in [5.74, 6) is 0. The summed E-state index contributed by atoms with van der Waals surface area (Å²) < 4.78 is 0. The molecule has 0 radical (unpaired) electrons. The molecule has 0 amide bonds. The predicted octanol–water partition coefficient (Wildman–Crippen LogP) is 3.80. The SMILES string of the molecule is C=C/C=C(C=NN(C)c1ccccc1)\C=C/C. The van der Waals surface area contributed by atoms with Gasteiger partial charge in [0.2, 0.25) is 0 Å². The molecule has 0 aliphatic rings. The molecule has 0 aliphatic carbocycles. The Labute approximate surface area is 103 Å². The van der Waals surface area contributed by atoms with E-state index in [0.29, 0.717) is 0 Å². The van der Waals surface area contributed by atoms with Crippen LogP contribution in [0.3, 0.4) is 0 Å². The summed E-state index contributed by atoms with van der Waals surface area (Å²) >= 11 is 0. The lowest BCUT2D eigenvalue weighted by molar-refractivity contribution is 1.02. The molecule has 0 atom stereocenters. The fraction of sp³-hybridized carbons (Fsp3) is 0.133. The van der Waals surface area contributed by atoms with Crippen LogP contribution in [0, 0.1) is 0 Å². The second-order valence-corrected chi connectivity index (χ2v) is 3.51. The fourth-order valence-corrected chi connectivity index (χ4v) is 1.33. The zero-order valence-corrected chi connectivity index (χ0v) is 10.4. The molecule has 0 N–H and O–H groups in total. The van der Waals surface area contributed by atoms with Gasteiger partial charge in [-0.05, 0) is 24.6 Å². The van der Waals surface area contributed by atoms with Crippen LogP contribution in [0.4, 0.5) is 5.69 Å². The average Bonchev–Trinajstić information content (AvgIpc) is 2.37. The standard InChI is InChI=1S/C15H18N2/c1-4-9-14(10-5-2)13-16-17(3)15-11-7-6-8-12-15/h4-13H,1H2,2-3H3/b10-5-,14-9+,16-13?. The molecule has 0 bridgehead atoms. The largest absolute Gasteiger partial charge is 0.269 e. The van der Waals surface area contributed by atoms with Gasteiger partial charge in [0.1, 0.15) is 0 Å². The van der Waals surface area contributed by atoms with E-state index in [4.69, 9.17) is 0 Å². The third-order valence-corrected chi connectivity index (χ3v) is 2.18. The van der Waals surface area contributed by atoms with Crippen molar-refractivity contribution in [1.29, 1.82) is 0 Å². The Balaban J connectivity index is 2.76. The minimum absolute atomic E-state index is 1.02. The van der Waals surface area contributed by atoms with Crippen molar-refractivity contribution in [3.05, 3.63) is 66.8 Å². The molecule has 0 aromatic heterocycles. The first kappa shape index (κ1) is 13.0. The van der Waals surface area contributed by atoms with Crippen molar-refractivity contribution in [3.8, 4) is 0 Å². The normalized spacial score (nSPS) is 12.2. The summed E-state index contributed by atoms with van der Waals surface area (Å²) in [6, 6.07) is 10.0. The van der Waals surface area contributed by atoms with Crippen LogP contribution in [-0.4, -0.2) is 13.3 Å². The summed E-state index contributed by atoms with van der Waals surface area (Å²) in [4.78, 5) is 0. The van der Waals surface area contributed by atoms with Gasteiger partial charge in [0.25, 0.3) is 0 Å². The van der Waals surface area contributed by atoms with Gasteiger partial charge in [0, 0.05) is 7.05 Å². The number of nitrogens with zero attached hydrogens (tertiary/aromatic N) is 2. The van der Waals surface area contributed by atoms with Gasteiger partial charge in [-0.2, -0.15) is 5.10 Å². The van der Waals surface area contributed by atoms with Crippen molar-refractivity contribution in [3.63, 3.8) is 0 Å². The minimum Gasteiger partial charge on any atom is -0.269 e. The summed E-state index contributed by atoms with van der Waals surface area (Å²) in [6.07, 6.45) is 9.45. The highest BCUT2D eigenvalue weighted by molar-refractivity contribution is 5.83. The van der Waals surface area contributed by atoms with E-state index < -0.39 is 0 Å². The summed E-state index contributed by atoms with van der Waals surface area (Å²) in [5, 5.41) is 6.21. The molecule has 0 aliphatic heterocycles. The number of para-hydroxylation sites is 1. The van der Waals surface area contributed by atoms with Gasteiger partial charge >= 0.3 is 0 Å². The average molecular weight is 226 g/mol. The Kier molecular flexibility index (Phi) is 5.52. The number of hydrogen-bond acceptors (Lipinski definition) is 2. The van der Waals surface area contributed by atoms with Crippen molar-refractivity contribution >= 4 is 11.9 Å². The molecule has 0 unspecified atom stereocenters. The molecule has 0 heterocycles. The third kappa shape index (κ3) is 4.51. The summed E-state index contributed by atoms with van der Waals surface area (Å²) in [6.45, 7) is 5.66. The number of allylic oxidation sites excluding steroid dienone is 5. The molecular formula is C15H18N2.